The summed E-state index contributed by atoms with van der Waals surface area (Å²) in [6.07, 6.45) is 1.42. The van der Waals surface area contributed by atoms with E-state index in [1.54, 1.807) is 7.11 Å². The number of hydrogen-bond acceptors (Lipinski definition) is 3. The number of benzene rings is 1. The molecule has 0 aliphatic rings. The van der Waals surface area contributed by atoms with E-state index in [1.807, 2.05) is 32.0 Å². The minimum atomic E-state index is -0.487. The molecule has 0 spiro atoms. The van der Waals surface area contributed by atoms with E-state index in [1.165, 1.54) is 0 Å². The van der Waals surface area contributed by atoms with E-state index < -0.39 is 6.04 Å². The van der Waals surface area contributed by atoms with Gasteiger partial charge in [-0.25, -0.2) is 0 Å². The molecule has 1 rings (SSSR count). The molecule has 0 bridgehead atoms. The number of aryl methyl sites for hydroxylation is 2. The van der Waals surface area contributed by atoms with Crippen molar-refractivity contribution in [1.29, 1.82) is 0 Å². The summed E-state index contributed by atoms with van der Waals surface area (Å²) in [5.74, 6) is -0.136. The zero-order valence-electron chi connectivity index (χ0n) is 11.3. The maximum absolute atomic E-state index is 11.9. The molecule has 0 saturated heterocycles. The van der Waals surface area contributed by atoms with Crippen molar-refractivity contribution in [2.75, 3.05) is 19.0 Å². The van der Waals surface area contributed by atoms with Crippen molar-refractivity contribution in [3.63, 3.8) is 0 Å². The molecule has 18 heavy (non-hydrogen) atoms. The molecule has 1 aromatic carbocycles. The van der Waals surface area contributed by atoms with Crippen molar-refractivity contribution in [2.24, 2.45) is 5.73 Å². The zero-order valence-corrected chi connectivity index (χ0v) is 11.3. The molecular formula is C14H22N2O2. The number of anilines is 1. The van der Waals surface area contributed by atoms with Gasteiger partial charge >= 0.3 is 0 Å². The highest BCUT2D eigenvalue weighted by molar-refractivity contribution is 5.95. The number of para-hydroxylation sites is 1. The van der Waals surface area contributed by atoms with Gasteiger partial charge in [0.15, 0.2) is 0 Å². The quantitative estimate of drug-likeness (QED) is 0.759. The summed E-state index contributed by atoms with van der Waals surface area (Å²) in [5, 5.41) is 2.90. The van der Waals surface area contributed by atoms with Gasteiger partial charge in [-0.2, -0.15) is 0 Å². The molecule has 0 saturated carbocycles. The molecule has 1 aromatic rings. The van der Waals surface area contributed by atoms with Crippen LogP contribution in [0.2, 0.25) is 0 Å². The van der Waals surface area contributed by atoms with Crippen LogP contribution >= 0.6 is 0 Å². The number of carbonyl (C=O) groups excluding carboxylic acids is 1. The van der Waals surface area contributed by atoms with Crippen molar-refractivity contribution in [3.8, 4) is 0 Å². The lowest BCUT2D eigenvalue weighted by Gasteiger charge is -2.15. The molecule has 100 valence electrons. The number of methoxy groups -OCH3 is 1. The molecule has 3 N–H and O–H groups in total. The Bertz CT molecular complexity index is 385. The fourth-order valence-corrected chi connectivity index (χ4v) is 1.81. The number of amides is 1. The highest BCUT2D eigenvalue weighted by atomic mass is 16.5. The number of ether oxygens (including phenoxy) is 1. The Balaban J connectivity index is 2.58. The third-order valence-corrected chi connectivity index (χ3v) is 2.93. The van der Waals surface area contributed by atoms with Gasteiger partial charge in [-0.1, -0.05) is 18.2 Å². The summed E-state index contributed by atoms with van der Waals surface area (Å²) in [6, 6.07) is 5.43. The van der Waals surface area contributed by atoms with Crippen molar-refractivity contribution < 1.29 is 9.53 Å². The van der Waals surface area contributed by atoms with Crippen LogP contribution in [0.25, 0.3) is 0 Å². The second-order valence-corrected chi connectivity index (χ2v) is 4.50. The minimum absolute atomic E-state index is 0.136. The summed E-state index contributed by atoms with van der Waals surface area (Å²) in [7, 11) is 1.64. The molecule has 1 unspecified atom stereocenters. The molecule has 0 aliphatic heterocycles. The maximum Gasteiger partial charge on any atom is 0.241 e. The van der Waals surface area contributed by atoms with Gasteiger partial charge in [0.1, 0.15) is 0 Å². The number of hydrogen-bond donors (Lipinski definition) is 2. The summed E-state index contributed by atoms with van der Waals surface area (Å²) in [5.41, 5.74) is 8.80. The highest BCUT2D eigenvalue weighted by Gasteiger charge is 2.14. The molecule has 0 aliphatic carbocycles. The second-order valence-electron chi connectivity index (χ2n) is 4.50. The Hall–Kier alpha value is -1.39. The van der Waals surface area contributed by atoms with Gasteiger partial charge in [-0.15, -0.1) is 0 Å². The van der Waals surface area contributed by atoms with Gasteiger partial charge in [0.25, 0.3) is 0 Å². The van der Waals surface area contributed by atoms with Crippen LogP contribution in [0.5, 0.6) is 0 Å². The Morgan fingerprint density at radius 1 is 1.39 bits per heavy atom. The van der Waals surface area contributed by atoms with Gasteiger partial charge in [0, 0.05) is 19.4 Å². The molecule has 0 radical (unpaired) electrons. The molecule has 4 heteroatoms. The lowest BCUT2D eigenvalue weighted by atomic mass is 10.1. The fraction of sp³-hybridized carbons (Fsp3) is 0.500. The normalized spacial score (nSPS) is 12.2. The molecule has 0 aromatic heterocycles. The Morgan fingerprint density at radius 3 is 2.56 bits per heavy atom. The first-order valence-electron chi connectivity index (χ1n) is 6.18. The Morgan fingerprint density at radius 2 is 2.00 bits per heavy atom. The molecule has 1 atom stereocenters. The predicted octanol–water partition coefficient (Wildman–Crippen LogP) is 2.00. The van der Waals surface area contributed by atoms with Gasteiger partial charge in [-0.05, 0) is 37.8 Å². The topological polar surface area (TPSA) is 64.3 Å². The van der Waals surface area contributed by atoms with E-state index in [0.29, 0.717) is 13.0 Å². The first-order valence-corrected chi connectivity index (χ1v) is 6.18. The van der Waals surface area contributed by atoms with Crippen LogP contribution in [0.4, 0.5) is 5.69 Å². The first-order chi connectivity index (χ1) is 8.56. The molecular weight excluding hydrogens is 228 g/mol. The van der Waals surface area contributed by atoms with E-state index in [2.05, 4.69) is 5.32 Å². The second kappa shape index (κ2) is 7.13. The molecule has 0 fully saturated rings. The van der Waals surface area contributed by atoms with Crippen LogP contribution in [0, 0.1) is 13.8 Å². The Kier molecular flexibility index (Phi) is 5.82. The number of nitrogens with one attached hydrogen (secondary N) is 1. The third kappa shape index (κ3) is 4.13. The van der Waals surface area contributed by atoms with Crippen LogP contribution in [0.1, 0.15) is 24.0 Å². The summed E-state index contributed by atoms with van der Waals surface area (Å²) in [4.78, 5) is 11.9. The van der Waals surface area contributed by atoms with Crippen LogP contribution in [-0.2, 0) is 9.53 Å². The van der Waals surface area contributed by atoms with Gasteiger partial charge in [-0.3, -0.25) is 4.79 Å². The van der Waals surface area contributed by atoms with E-state index in [0.717, 1.165) is 23.2 Å². The van der Waals surface area contributed by atoms with Crippen molar-refractivity contribution >= 4 is 11.6 Å². The van der Waals surface area contributed by atoms with Crippen LogP contribution < -0.4 is 11.1 Å². The van der Waals surface area contributed by atoms with E-state index in [9.17, 15) is 4.79 Å². The van der Waals surface area contributed by atoms with Crippen LogP contribution in [-0.4, -0.2) is 25.7 Å². The largest absolute Gasteiger partial charge is 0.385 e. The lowest BCUT2D eigenvalue weighted by molar-refractivity contribution is -0.117. The maximum atomic E-state index is 11.9. The average Bonchev–Trinajstić information content (AvgIpc) is 2.34. The molecule has 4 nitrogen and oxygen atoms in total. The monoisotopic (exact) mass is 250 g/mol. The van der Waals surface area contributed by atoms with Crippen LogP contribution in [0.15, 0.2) is 18.2 Å². The number of rotatable bonds is 6. The van der Waals surface area contributed by atoms with Gasteiger partial charge < -0.3 is 15.8 Å². The van der Waals surface area contributed by atoms with Crippen molar-refractivity contribution in [1.82, 2.24) is 0 Å². The van der Waals surface area contributed by atoms with E-state index in [4.69, 9.17) is 10.5 Å². The SMILES string of the molecule is COCCCC(N)C(=O)Nc1c(C)cccc1C. The molecule has 0 heterocycles. The van der Waals surface area contributed by atoms with Gasteiger partial charge in [0.2, 0.25) is 5.91 Å². The fourth-order valence-electron chi connectivity index (χ4n) is 1.81. The van der Waals surface area contributed by atoms with Crippen LogP contribution in [0.3, 0.4) is 0 Å². The molecule has 1 amide bonds. The number of carbonyl (C=O) groups is 1. The van der Waals surface area contributed by atoms with Crippen molar-refractivity contribution in [2.45, 2.75) is 32.7 Å². The number of nitrogens with two attached hydrogens (primary N) is 1. The minimum Gasteiger partial charge on any atom is -0.385 e. The highest BCUT2D eigenvalue weighted by Crippen LogP contribution is 2.19. The van der Waals surface area contributed by atoms with Crippen molar-refractivity contribution in [3.05, 3.63) is 29.3 Å². The van der Waals surface area contributed by atoms with E-state index in [-0.39, 0.29) is 5.91 Å². The van der Waals surface area contributed by atoms with E-state index >= 15 is 0 Å². The Labute approximate surface area is 109 Å². The lowest BCUT2D eigenvalue weighted by Crippen LogP contribution is -2.36. The zero-order chi connectivity index (χ0) is 13.5. The summed E-state index contributed by atoms with van der Waals surface area (Å²) < 4.78 is 4.94. The van der Waals surface area contributed by atoms with Gasteiger partial charge in [0.05, 0.1) is 6.04 Å². The summed E-state index contributed by atoms with van der Waals surface area (Å²) >= 11 is 0. The third-order valence-electron chi connectivity index (χ3n) is 2.93. The standard InChI is InChI=1S/C14H22N2O2/c1-10-6-4-7-11(2)13(10)16-14(17)12(15)8-5-9-18-3/h4,6-7,12H,5,8-9,15H2,1-3H3,(H,16,17). The average molecular weight is 250 g/mol. The predicted molar refractivity (Wildman–Crippen MR) is 73.6 cm³/mol. The smallest absolute Gasteiger partial charge is 0.241 e. The summed E-state index contributed by atoms with van der Waals surface area (Å²) in [6.45, 7) is 4.57. The first kappa shape index (κ1) is 14.7.